The van der Waals surface area contributed by atoms with Gasteiger partial charge in [-0.05, 0) is 35.8 Å². The van der Waals surface area contributed by atoms with Gasteiger partial charge in [0.05, 0.1) is 10.2 Å². The maximum atomic E-state index is 5.28. The predicted molar refractivity (Wildman–Crippen MR) is 109 cm³/mol. The van der Waals surface area contributed by atoms with Gasteiger partial charge in [-0.25, -0.2) is 19.9 Å². The Labute approximate surface area is 170 Å². The van der Waals surface area contributed by atoms with Crippen LogP contribution in [0.25, 0.3) is 0 Å². The second-order valence-electron chi connectivity index (χ2n) is 3.58. The number of rotatable bonds is 0. The summed E-state index contributed by atoms with van der Waals surface area (Å²) in [4.78, 5) is 15.2. The second kappa shape index (κ2) is 15.8. The summed E-state index contributed by atoms with van der Waals surface area (Å²) in [5.74, 6) is 0.653. The van der Waals surface area contributed by atoms with E-state index in [1.807, 2.05) is 13.8 Å². The predicted octanol–water partition coefficient (Wildman–Crippen LogP) is 3.67. The van der Waals surface area contributed by atoms with E-state index < -0.39 is 4.30 Å². The monoisotopic (exact) mass is 472 g/mol. The fourth-order valence-corrected chi connectivity index (χ4v) is 1.13. The van der Waals surface area contributed by atoms with E-state index in [4.69, 9.17) is 46.3 Å². The average molecular weight is 474 g/mol. The normalized spacial score (nSPS) is 8.62. The Kier molecular flexibility index (Phi) is 16.9. The number of aryl methyl sites for hydroxylation is 2. The van der Waals surface area contributed by atoms with Crippen molar-refractivity contribution in [3.63, 3.8) is 0 Å². The van der Waals surface area contributed by atoms with E-state index in [0.717, 1.165) is 15.9 Å². The van der Waals surface area contributed by atoms with Crippen LogP contribution in [-0.2, 0) is 0 Å². The van der Waals surface area contributed by atoms with Crippen molar-refractivity contribution >= 4 is 83.1 Å². The van der Waals surface area contributed by atoms with Gasteiger partial charge in [-0.3, -0.25) is 0 Å². The van der Waals surface area contributed by atoms with Crippen LogP contribution in [0.5, 0.6) is 0 Å². The summed E-state index contributed by atoms with van der Waals surface area (Å²) in [6.07, 6.45) is 3.27. The van der Waals surface area contributed by atoms with Crippen LogP contribution in [0.2, 0.25) is 0 Å². The molecular weight excluding hydrogens is 459 g/mol. The van der Waals surface area contributed by atoms with Crippen molar-refractivity contribution in [2.45, 2.75) is 18.1 Å². The van der Waals surface area contributed by atoms with E-state index >= 15 is 0 Å². The molecule has 0 aromatic carbocycles. The van der Waals surface area contributed by atoms with Gasteiger partial charge in [0.1, 0.15) is 0 Å². The van der Waals surface area contributed by atoms with E-state index in [2.05, 4.69) is 60.6 Å². The summed E-state index contributed by atoms with van der Waals surface area (Å²) in [6, 6.07) is 1.80. The Bertz CT molecular complexity index is 590. The summed E-state index contributed by atoms with van der Waals surface area (Å²) in [7, 11) is 4.34. The number of nitrogen functional groups attached to an aromatic ring is 2. The van der Waals surface area contributed by atoms with E-state index in [1.54, 1.807) is 18.5 Å². The number of hydrogen-bond acceptors (Lipinski definition) is 8. The van der Waals surface area contributed by atoms with Gasteiger partial charge in [0.2, 0.25) is 11.9 Å². The van der Waals surface area contributed by atoms with Gasteiger partial charge in [-0.15, -0.1) is 0 Å². The molecule has 0 saturated carbocycles. The Balaban J connectivity index is 0. The van der Waals surface area contributed by atoms with Crippen molar-refractivity contribution in [1.29, 1.82) is 0 Å². The topological polar surface area (TPSA) is 116 Å². The van der Waals surface area contributed by atoms with Gasteiger partial charge >= 0.3 is 24.8 Å². The average Bonchev–Trinajstić information content (AvgIpc) is 2.44. The molecular formula is C11H15BBrCl3N7S. The second-order valence-corrected chi connectivity index (χ2v) is 6.65. The van der Waals surface area contributed by atoms with E-state index in [0.29, 0.717) is 11.9 Å². The maximum absolute atomic E-state index is 5.28. The third kappa shape index (κ3) is 17.7. The van der Waals surface area contributed by atoms with Crippen LogP contribution in [0.1, 0.15) is 11.4 Å². The van der Waals surface area contributed by atoms with Crippen molar-refractivity contribution < 1.29 is 0 Å². The Hall–Kier alpha value is -0.675. The SMILES string of the molecule is Cc1ccnc(N)n1.Cc1nc(N)ncc1Br.ClC(Cl)Cl.[B]=NS. The first-order chi connectivity index (χ1) is 11.1. The molecule has 2 aromatic heterocycles. The van der Waals surface area contributed by atoms with Crippen LogP contribution in [0.4, 0.5) is 11.9 Å². The number of hydrogen-bond donors (Lipinski definition) is 3. The van der Waals surface area contributed by atoms with Gasteiger partial charge in [-0.1, -0.05) is 34.8 Å². The fraction of sp³-hybridized carbons (Fsp3) is 0.273. The third-order valence-electron chi connectivity index (χ3n) is 1.75. The van der Waals surface area contributed by atoms with Crippen LogP contribution in [0.15, 0.2) is 27.2 Å². The molecule has 0 spiro atoms. The summed E-state index contributed by atoms with van der Waals surface area (Å²) in [6.45, 7) is 3.74. The molecule has 1 radical (unpaired) electrons. The number of nitrogens with two attached hydrogens (primary N) is 2. The van der Waals surface area contributed by atoms with E-state index in [1.165, 1.54) is 0 Å². The Morgan fingerprint density at radius 1 is 1.17 bits per heavy atom. The minimum absolute atomic E-state index is 0.315. The van der Waals surface area contributed by atoms with Crippen LogP contribution >= 0.6 is 63.5 Å². The molecule has 7 nitrogen and oxygen atoms in total. The summed E-state index contributed by atoms with van der Waals surface area (Å²) < 4.78 is 2.83. The molecule has 0 amide bonds. The molecule has 24 heavy (non-hydrogen) atoms. The molecule has 4 N–H and O–H groups in total. The van der Waals surface area contributed by atoms with Crippen LogP contribution < -0.4 is 11.5 Å². The Morgan fingerprint density at radius 2 is 1.62 bits per heavy atom. The van der Waals surface area contributed by atoms with Gasteiger partial charge in [0.25, 0.3) is 0 Å². The molecule has 2 heterocycles. The van der Waals surface area contributed by atoms with Crippen LogP contribution in [-0.4, -0.2) is 31.9 Å². The van der Waals surface area contributed by atoms with Crippen LogP contribution in [0.3, 0.4) is 0 Å². The van der Waals surface area contributed by atoms with Crippen molar-refractivity contribution in [1.82, 2.24) is 19.9 Å². The number of alkyl halides is 3. The van der Waals surface area contributed by atoms with Crippen molar-refractivity contribution in [2.24, 2.45) is 4.30 Å². The zero-order chi connectivity index (χ0) is 19.1. The summed E-state index contributed by atoms with van der Waals surface area (Å²) in [5.41, 5.74) is 12.3. The standard InChI is InChI=1S/C5H6BrN3.C5H7N3.CHCl3.BHNS/c1-3-4(6)2-8-5(7)9-3;1-4-2-3-7-5(6)8-4;2-1(3)4;1-2-3/h2H,1H3,(H2,7,8,9);2-3H,1H3,(H2,6,7,8);1H;3H. The number of aromatic nitrogens is 4. The van der Waals surface area contributed by atoms with E-state index in [9.17, 15) is 0 Å². The number of thiol groups is 1. The van der Waals surface area contributed by atoms with Gasteiger partial charge in [0, 0.05) is 18.1 Å². The molecule has 0 unspecified atom stereocenters. The van der Waals surface area contributed by atoms with Crippen molar-refractivity contribution in [2.75, 3.05) is 11.5 Å². The molecule has 2 aromatic rings. The quantitative estimate of drug-likeness (QED) is 0.305. The van der Waals surface area contributed by atoms with Gasteiger partial charge < -0.3 is 11.5 Å². The molecule has 131 valence electrons. The van der Waals surface area contributed by atoms with E-state index in [-0.39, 0.29) is 0 Å². The molecule has 13 heteroatoms. The first-order valence-corrected chi connectivity index (χ1v) is 8.40. The molecule has 0 aliphatic carbocycles. The first-order valence-electron chi connectivity index (χ1n) is 5.90. The number of halogens is 4. The van der Waals surface area contributed by atoms with Gasteiger partial charge in [0.15, 0.2) is 4.30 Å². The molecule has 0 aliphatic rings. The molecule has 0 fully saturated rings. The zero-order valence-electron chi connectivity index (χ0n) is 12.7. The first kappa shape index (κ1) is 25.6. The van der Waals surface area contributed by atoms with Gasteiger partial charge in [-0.2, -0.15) is 0 Å². The molecule has 0 bridgehead atoms. The van der Waals surface area contributed by atoms with Crippen molar-refractivity contribution in [3.05, 3.63) is 34.3 Å². The summed E-state index contributed by atoms with van der Waals surface area (Å²) >= 11 is 20.9. The molecule has 0 saturated heterocycles. The minimum atomic E-state index is -0.750. The summed E-state index contributed by atoms with van der Waals surface area (Å²) in [5, 5.41) is 0. The molecule has 2 rings (SSSR count). The number of nitrogens with zero attached hydrogens (tertiary/aromatic N) is 5. The van der Waals surface area contributed by atoms with Crippen LogP contribution in [0, 0.1) is 13.8 Å². The third-order valence-corrected chi connectivity index (χ3v) is 2.53. The molecule has 0 atom stereocenters. The molecule has 0 aliphatic heterocycles. The fourth-order valence-electron chi connectivity index (χ4n) is 0.939. The Morgan fingerprint density at radius 3 is 1.92 bits per heavy atom. The number of anilines is 2. The zero-order valence-corrected chi connectivity index (χ0v) is 17.5. The van der Waals surface area contributed by atoms with Crippen molar-refractivity contribution in [3.8, 4) is 0 Å².